The average Bonchev–Trinajstić information content (AvgIpc) is 2.27. The molecule has 5 nitrogen and oxygen atoms in total. The van der Waals surface area contributed by atoms with Crippen LogP contribution in [0.2, 0.25) is 0 Å². The minimum atomic E-state index is -0.00529. The third kappa shape index (κ3) is 3.68. The van der Waals surface area contributed by atoms with Crippen molar-refractivity contribution in [2.75, 3.05) is 25.0 Å². The first kappa shape index (κ1) is 13.4. The van der Waals surface area contributed by atoms with E-state index in [0.717, 1.165) is 12.2 Å². The summed E-state index contributed by atoms with van der Waals surface area (Å²) in [6.45, 7) is 7.37. The molecule has 0 aliphatic rings. The first-order chi connectivity index (χ1) is 7.88. The zero-order chi connectivity index (χ0) is 13.1. The standard InChI is InChI=1S/C12H19N5/c1-9-5-10(6-13)16-11(15-9)17(4)8-12(2,3)7-14/h5H,7-8,14H2,1-4H3. The van der Waals surface area contributed by atoms with Gasteiger partial charge in [0.1, 0.15) is 11.8 Å². The van der Waals surface area contributed by atoms with Crippen molar-refractivity contribution in [3.63, 3.8) is 0 Å². The van der Waals surface area contributed by atoms with Gasteiger partial charge in [0, 0.05) is 19.3 Å². The Balaban J connectivity index is 2.93. The highest BCUT2D eigenvalue weighted by Gasteiger charge is 2.20. The van der Waals surface area contributed by atoms with Gasteiger partial charge in [0.15, 0.2) is 0 Å². The van der Waals surface area contributed by atoms with Crippen LogP contribution in [0.3, 0.4) is 0 Å². The first-order valence-electron chi connectivity index (χ1n) is 5.55. The van der Waals surface area contributed by atoms with Crippen LogP contribution in [0.15, 0.2) is 6.07 Å². The predicted octanol–water partition coefficient (Wildman–Crippen LogP) is 1.08. The van der Waals surface area contributed by atoms with Crippen LogP contribution in [0.25, 0.3) is 0 Å². The van der Waals surface area contributed by atoms with E-state index < -0.39 is 0 Å². The summed E-state index contributed by atoms with van der Waals surface area (Å²) in [5.41, 5.74) is 6.88. The predicted molar refractivity (Wildman–Crippen MR) is 67.6 cm³/mol. The third-order valence-corrected chi connectivity index (χ3v) is 2.52. The van der Waals surface area contributed by atoms with Gasteiger partial charge in [-0.1, -0.05) is 13.8 Å². The number of nitriles is 1. The van der Waals surface area contributed by atoms with E-state index in [0.29, 0.717) is 18.2 Å². The molecule has 5 heteroatoms. The van der Waals surface area contributed by atoms with Crippen LogP contribution in [0.5, 0.6) is 0 Å². The van der Waals surface area contributed by atoms with Gasteiger partial charge in [0.2, 0.25) is 5.95 Å². The molecule has 0 fully saturated rings. The molecule has 0 aliphatic carbocycles. The minimum Gasteiger partial charge on any atom is -0.343 e. The van der Waals surface area contributed by atoms with Crippen LogP contribution in [-0.4, -0.2) is 30.1 Å². The molecule has 0 aliphatic heterocycles. The van der Waals surface area contributed by atoms with Gasteiger partial charge in [-0.3, -0.25) is 0 Å². The summed E-state index contributed by atoms with van der Waals surface area (Å²) in [6, 6.07) is 3.71. The number of aryl methyl sites for hydroxylation is 1. The molecule has 0 amide bonds. The van der Waals surface area contributed by atoms with Gasteiger partial charge in [-0.2, -0.15) is 5.26 Å². The summed E-state index contributed by atoms with van der Waals surface area (Å²) >= 11 is 0. The highest BCUT2D eigenvalue weighted by Crippen LogP contribution is 2.17. The number of aromatic nitrogens is 2. The monoisotopic (exact) mass is 233 g/mol. The van der Waals surface area contributed by atoms with Crippen molar-refractivity contribution in [1.82, 2.24) is 9.97 Å². The second-order valence-corrected chi connectivity index (χ2v) is 5.03. The normalized spacial score (nSPS) is 11.1. The van der Waals surface area contributed by atoms with Crippen molar-refractivity contribution in [3.05, 3.63) is 17.5 Å². The molecule has 0 bridgehead atoms. The second-order valence-electron chi connectivity index (χ2n) is 5.03. The molecule has 1 rings (SSSR count). The van der Waals surface area contributed by atoms with Gasteiger partial charge < -0.3 is 10.6 Å². The molecule has 0 saturated carbocycles. The van der Waals surface area contributed by atoms with Crippen molar-refractivity contribution in [2.45, 2.75) is 20.8 Å². The summed E-state index contributed by atoms with van der Waals surface area (Å²) in [5, 5.41) is 8.87. The maximum absolute atomic E-state index is 8.87. The summed E-state index contributed by atoms with van der Waals surface area (Å²) in [5.74, 6) is 0.572. The van der Waals surface area contributed by atoms with Crippen molar-refractivity contribution in [1.29, 1.82) is 5.26 Å². The minimum absolute atomic E-state index is 0.00529. The molecular weight excluding hydrogens is 214 g/mol. The molecule has 0 radical (unpaired) electrons. The van der Waals surface area contributed by atoms with Gasteiger partial charge in [-0.05, 0) is 24.9 Å². The number of rotatable bonds is 4. The lowest BCUT2D eigenvalue weighted by Crippen LogP contribution is -2.37. The number of nitrogens with two attached hydrogens (primary N) is 1. The fourth-order valence-corrected chi connectivity index (χ4v) is 1.56. The van der Waals surface area contributed by atoms with Gasteiger partial charge in [0.05, 0.1) is 0 Å². The molecule has 0 spiro atoms. The highest BCUT2D eigenvalue weighted by atomic mass is 15.2. The van der Waals surface area contributed by atoms with Crippen molar-refractivity contribution in [3.8, 4) is 6.07 Å². The summed E-state index contributed by atoms with van der Waals surface area (Å²) < 4.78 is 0. The lowest BCUT2D eigenvalue weighted by molar-refractivity contribution is 0.383. The van der Waals surface area contributed by atoms with Crippen LogP contribution >= 0.6 is 0 Å². The van der Waals surface area contributed by atoms with Crippen LogP contribution in [0.4, 0.5) is 5.95 Å². The quantitative estimate of drug-likeness (QED) is 0.841. The smallest absolute Gasteiger partial charge is 0.226 e. The maximum Gasteiger partial charge on any atom is 0.226 e. The Bertz CT molecular complexity index is 433. The average molecular weight is 233 g/mol. The van der Waals surface area contributed by atoms with E-state index in [9.17, 15) is 0 Å². The van der Waals surface area contributed by atoms with Crippen molar-refractivity contribution >= 4 is 5.95 Å². The van der Waals surface area contributed by atoms with E-state index in [1.54, 1.807) is 6.07 Å². The maximum atomic E-state index is 8.87. The van der Waals surface area contributed by atoms with Crippen LogP contribution in [-0.2, 0) is 0 Å². The molecule has 0 unspecified atom stereocenters. The number of hydrogen-bond donors (Lipinski definition) is 1. The summed E-state index contributed by atoms with van der Waals surface area (Å²) in [7, 11) is 1.91. The Labute approximate surface area is 102 Å². The Morgan fingerprint density at radius 2 is 2.12 bits per heavy atom. The van der Waals surface area contributed by atoms with E-state index in [-0.39, 0.29) is 5.41 Å². The van der Waals surface area contributed by atoms with E-state index in [2.05, 4.69) is 23.8 Å². The number of anilines is 1. The van der Waals surface area contributed by atoms with Gasteiger partial charge in [-0.25, -0.2) is 9.97 Å². The molecule has 17 heavy (non-hydrogen) atoms. The molecule has 2 N–H and O–H groups in total. The molecule has 0 atom stereocenters. The van der Waals surface area contributed by atoms with Gasteiger partial charge in [-0.15, -0.1) is 0 Å². The first-order valence-corrected chi connectivity index (χ1v) is 5.55. The zero-order valence-electron chi connectivity index (χ0n) is 10.9. The molecule has 0 saturated heterocycles. The zero-order valence-corrected chi connectivity index (χ0v) is 10.9. The fourth-order valence-electron chi connectivity index (χ4n) is 1.56. The van der Waals surface area contributed by atoms with Crippen molar-refractivity contribution < 1.29 is 0 Å². The van der Waals surface area contributed by atoms with Crippen LogP contribution in [0, 0.1) is 23.7 Å². The molecule has 1 aromatic rings. The Hall–Kier alpha value is -1.67. The van der Waals surface area contributed by atoms with E-state index >= 15 is 0 Å². The lowest BCUT2D eigenvalue weighted by atomic mass is 9.93. The molecule has 92 valence electrons. The molecule has 1 aromatic heterocycles. The Morgan fingerprint density at radius 1 is 1.47 bits per heavy atom. The number of nitrogens with zero attached hydrogens (tertiary/aromatic N) is 4. The largest absolute Gasteiger partial charge is 0.343 e. The fraction of sp³-hybridized carbons (Fsp3) is 0.583. The molecule has 0 aromatic carbocycles. The Kier molecular flexibility index (Phi) is 4.02. The van der Waals surface area contributed by atoms with Crippen molar-refractivity contribution in [2.24, 2.45) is 11.1 Å². The van der Waals surface area contributed by atoms with Crippen LogP contribution in [0.1, 0.15) is 25.2 Å². The summed E-state index contributed by atoms with van der Waals surface area (Å²) in [4.78, 5) is 10.4. The lowest BCUT2D eigenvalue weighted by Gasteiger charge is -2.29. The second kappa shape index (κ2) is 5.11. The van der Waals surface area contributed by atoms with E-state index in [1.807, 2.05) is 24.9 Å². The molecule has 1 heterocycles. The highest BCUT2D eigenvalue weighted by molar-refractivity contribution is 5.35. The molecular formula is C12H19N5. The van der Waals surface area contributed by atoms with Gasteiger partial charge in [0.25, 0.3) is 0 Å². The summed E-state index contributed by atoms with van der Waals surface area (Å²) in [6.07, 6.45) is 0. The number of hydrogen-bond acceptors (Lipinski definition) is 5. The van der Waals surface area contributed by atoms with Gasteiger partial charge >= 0.3 is 0 Å². The van der Waals surface area contributed by atoms with E-state index in [4.69, 9.17) is 11.0 Å². The van der Waals surface area contributed by atoms with E-state index in [1.165, 1.54) is 0 Å². The van der Waals surface area contributed by atoms with Crippen LogP contribution < -0.4 is 10.6 Å². The topological polar surface area (TPSA) is 78.8 Å². The third-order valence-electron chi connectivity index (χ3n) is 2.52. The SMILES string of the molecule is Cc1cc(C#N)nc(N(C)CC(C)(C)CN)n1. The Morgan fingerprint density at radius 3 is 2.65 bits per heavy atom.